The molecule has 1 atom stereocenters. The summed E-state index contributed by atoms with van der Waals surface area (Å²) in [7, 11) is 1.64. The van der Waals surface area contributed by atoms with Crippen molar-refractivity contribution in [1.29, 1.82) is 0 Å². The zero-order valence-corrected chi connectivity index (χ0v) is 16.2. The van der Waals surface area contributed by atoms with Crippen LogP contribution in [0.4, 0.5) is 0 Å². The number of nitrogens with one attached hydrogen (secondary N) is 1. The van der Waals surface area contributed by atoms with Crippen LogP contribution in [-0.2, 0) is 17.6 Å². The predicted molar refractivity (Wildman–Crippen MR) is 102 cm³/mol. The third kappa shape index (κ3) is 3.94. The van der Waals surface area contributed by atoms with Gasteiger partial charge in [-0.05, 0) is 32.4 Å². The molecule has 0 radical (unpaired) electrons. The maximum Gasteiger partial charge on any atom is 0.236 e. The fourth-order valence-electron chi connectivity index (χ4n) is 3.89. The van der Waals surface area contributed by atoms with Gasteiger partial charge in [0, 0.05) is 36.4 Å². The van der Waals surface area contributed by atoms with Crippen molar-refractivity contribution in [3.8, 4) is 17.4 Å². The van der Waals surface area contributed by atoms with Crippen molar-refractivity contribution in [1.82, 2.24) is 20.1 Å². The molecule has 2 aliphatic rings. The molecule has 2 aromatic rings. The molecular formula is C20H28N4O3. The van der Waals surface area contributed by atoms with Crippen molar-refractivity contribution in [2.24, 2.45) is 5.92 Å². The lowest BCUT2D eigenvalue weighted by Crippen LogP contribution is -2.33. The molecule has 0 spiro atoms. The summed E-state index contributed by atoms with van der Waals surface area (Å²) in [5.41, 5.74) is 4.25. The number of rotatable bonds is 5. The first-order valence-electron chi connectivity index (χ1n) is 9.79. The Kier molecular flexibility index (Phi) is 5.59. The molecule has 4 heterocycles. The van der Waals surface area contributed by atoms with Gasteiger partial charge in [-0.2, -0.15) is 0 Å². The van der Waals surface area contributed by atoms with Crippen molar-refractivity contribution < 1.29 is 14.2 Å². The van der Waals surface area contributed by atoms with E-state index in [1.807, 2.05) is 11.6 Å². The summed E-state index contributed by atoms with van der Waals surface area (Å²) in [6.45, 7) is 6.24. The first kappa shape index (κ1) is 18.3. The van der Waals surface area contributed by atoms with Gasteiger partial charge < -0.3 is 19.5 Å². The van der Waals surface area contributed by atoms with E-state index in [1.54, 1.807) is 13.3 Å². The van der Waals surface area contributed by atoms with Crippen LogP contribution in [0, 0.1) is 12.8 Å². The summed E-state index contributed by atoms with van der Waals surface area (Å²) >= 11 is 0. The van der Waals surface area contributed by atoms with Crippen LogP contribution in [0.15, 0.2) is 12.3 Å². The van der Waals surface area contributed by atoms with Crippen molar-refractivity contribution in [3.05, 3.63) is 29.1 Å². The van der Waals surface area contributed by atoms with Crippen LogP contribution in [0.1, 0.15) is 29.7 Å². The topological polar surface area (TPSA) is 70.4 Å². The average molecular weight is 372 g/mol. The van der Waals surface area contributed by atoms with Gasteiger partial charge >= 0.3 is 0 Å². The number of hydrogen-bond acceptors (Lipinski definition) is 6. The highest BCUT2D eigenvalue weighted by molar-refractivity contribution is 5.43. The number of ether oxygens (including phenoxy) is 3. The lowest BCUT2D eigenvalue weighted by molar-refractivity contribution is 0.144. The van der Waals surface area contributed by atoms with E-state index in [2.05, 4.69) is 16.4 Å². The van der Waals surface area contributed by atoms with Crippen molar-refractivity contribution in [2.45, 2.75) is 32.6 Å². The Bertz CT molecular complexity index is 784. The van der Waals surface area contributed by atoms with Gasteiger partial charge in [0.2, 0.25) is 11.8 Å². The third-order valence-electron chi connectivity index (χ3n) is 5.34. The van der Waals surface area contributed by atoms with E-state index in [9.17, 15) is 0 Å². The largest absolute Gasteiger partial charge is 0.481 e. The Morgan fingerprint density at radius 1 is 1.30 bits per heavy atom. The van der Waals surface area contributed by atoms with Crippen LogP contribution in [0.2, 0.25) is 0 Å². The second-order valence-corrected chi connectivity index (χ2v) is 7.30. The van der Waals surface area contributed by atoms with Gasteiger partial charge in [-0.3, -0.25) is 0 Å². The molecule has 146 valence electrons. The Hall–Kier alpha value is -2.12. The zero-order chi connectivity index (χ0) is 18.6. The van der Waals surface area contributed by atoms with E-state index >= 15 is 0 Å². The molecule has 0 saturated carbocycles. The summed E-state index contributed by atoms with van der Waals surface area (Å²) in [6.07, 6.45) is 5.88. The molecule has 0 bridgehead atoms. The van der Waals surface area contributed by atoms with Gasteiger partial charge in [0.25, 0.3) is 0 Å². The fraction of sp³-hybridized carbons (Fsp3) is 0.600. The van der Waals surface area contributed by atoms with Crippen LogP contribution in [-0.4, -0.2) is 54.8 Å². The average Bonchev–Trinajstić information content (AvgIpc) is 2.87. The summed E-state index contributed by atoms with van der Waals surface area (Å²) < 4.78 is 19.2. The van der Waals surface area contributed by atoms with E-state index in [-0.39, 0.29) is 0 Å². The van der Waals surface area contributed by atoms with Gasteiger partial charge in [-0.1, -0.05) is 0 Å². The zero-order valence-electron chi connectivity index (χ0n) is 16.2. The van der Waals surface area contributed by atoms with Crippen LogP contribution in [0.3, 0.4) is 0 Å². The number of methoxy groups -OCH3 is 1. The lowest BCUT2D eigenvalue weighted by atomic mass is 10.0. The molecule has 7 nitrogen and oxygen atoms in total. The maximum atomic E-state index is 6.20. The van der Waals surface area contributed by atoms with Gasteiger partial charge in [0.15, 0.2) is 0 Å². The predicted octanol–water partition coefficient (Wildman–Crippen LogP) is 2.08. The molecular weight excluding hydrogens is 344 g/mol. The number of aryl methyl sites for hydroxylation is 1. The van der Waals surface area contributed by atoms with Gasteiger partial charge in [0.1, 0.15) is 0 Å². The quantitative estimate of drug-likeness (QED) is 0.867. The molecule has 0 aliphatic carbocycles. The molecule has 7 heteroatoms. The third-order valence-corrected chi connectivity index (χ3v) is 5.34. The molecule has 2 aromatic heterocycles. The summed E-state index contributed by atoms with van der Waals surface area (Å²) in [6, 6.07) is 2.06. The second-order valence-electron chi connectivity index (χ2n) is 7.30. The Labute approximate surface area is 160 Å². The molecule has 4 rings (SSSR count). The molecule has 1 saturated heterocycles. The Balaban J connectivity index is 1.63. The summed E-state index contributed by atoms with van der Waals surface area (Å²) in [5.74, 6) is 1.93. The lowest BCUT2D eigenvalue weighted by Gasteiger charge is -2.22. The second kappa shape index (κ2) is 8.27. The minimum absolute atomic E-state index is 0.548. The number of piperidine rings is 1. The highest BCUT2D eigenvalue weighted by atomic mass is 16.5. The fourth-order valence-corrected chi connectivity index (χ4v) is 3.89. The first-order chi connectivity index (χ1) is 13.3. The maximum absolute atomic E-state index is 6.20. The van der Waals surface area contributed by atoms with Gasteiger partial charge in [-0.15, -0.1) is 5.10 Å². The van der Waals surface area contributed by atoms with Gasteiger partial charge in [0.05, 0.1) is 44.5 Å². The highest BCUT2D eigenvalue weighted by Gasteiger charge is 2.24. The van der Waals surface area contributed by atoms with Crippen molar-refractivity contribution in [3.63, 3.8) is 0 Å². The van der Waals surface area contributed by atoms with E-state index in [4.69, 9.17) is 19.3 Å². The highest BCUT2D eigenvalue weighted by Crippen LogP contribution is 2.29. The van der Waals surface area contributed by atoms with Crippen LogP contribution < -0.4 is 14.8 Å². The minimum atomic E-state index is 0.548. The first-order valence-corrected chi connectivity index (χ1v) is 9.79. The van der Waals surface area contributed by atoms with Crippen LogP contribution >= 0.6 is 0 Å². The molecule has 0 aromatic carbocycles. The number of pyridine rings is 1. The minimum Gasteiger partial charge on any atom is -0.481 e. The monoisotopic (exact) mass is 372 g/mol. The number of nitrogens with zero attached hydrogens (tertiary/aromatic N) is 3. The van der Waals surface area contributed by atoms with Crippen molar-refractivity contribution in [2.75, 3.05) is 40.0 Å². The van der Waals surface area contributed by atoms with E-state index in [1.165, 1.54) is 18.4 Å². The standard InChI is InChI=1S/C20H28N4O3/c1-14-10-16(12-22-19(14)25-2)24-18-6-9-26-8-5-17(18)20(23-24)27-13-15-4-3-7-21-11-15/h10,12,15,21H,3-9,11,13H2,1-2H3. The molecule has 1 fully saturated rings. The molecule has 0 amide bonds. The molecule has 1 N–H and O–H groups in total. The van der Waals surface area contributed by atoms with Crippen LogP contribution in [0.25, 0.3) is 5.69 Å². The number of aromatic nitrogens is 3. The molecule has 2 aliphatic heterocycles. The molecule has 1 unspecified atom stereocenters. The van der Waals surface area contributed by atoms with Gasteiger partial charge in [-0.25, -0.2) is 9.67 Å². The number of hydrogen-bond donors (Lipinski definition) is 1. The van der Waals surface area contributed by atoms with E-state index in [0.717, 1.165) is 48.8 Å². The normalized spacial score (nSPS) is 20.0. The Morgan fingerprint density at radius 3 is 2.96 bits per heavy atom. The SMILES string of the molecule is COc1ncc(-n2nc(OCC3CCCNC3)c3c2CCOCC3)cc1C. The van der Waals surface area contributed by atoms with Crippen molar-refractivity contribution >= 4 is 0 Å². The Morgan fingerprint density at radius 2 is 2.19 bits per heavy atom. The van der Waals surface area contributed by atoms with Crippen LogP contribution in [0.5, 0.6) is 11.8 Å². The van der Waals surface area contributed by atoms with E-state index in [0.29, 0.717) is 31.6 Å². The van der Waals surface area contributed by atoms with E-state index < -0.39 is 0 Å². The summed E-state index contributed by atoms with van der Waals surface area (Å²) in [5, 5.41) is 8.27. The summed E-state index contributed by atoms with van der Waals surface area (Å²) in [4.78, 5) is 4.41. The molecule has 27 heavy (non-hydrogen) atoms. The smallest absolute Gasteiger partial charge is 0.236 e. The number of fused-ring (bicyclic) bond motifs is 1.